The SMILES string of the molecule is CCNC(=NCC(c1ccco1)N1CCCCC1)NCCCCN(CC)CC. The molecule has 1 aromatic heterocycles. The zero-order chi connectivity index (χ0) is 20.0. The summed E-state index contributed by atoms with van der Waals surface area (Å²) in [6.45, 7) is 14.9. The average Bonchev–Trinajstić information content (AvgIpc) is 3.26. The Bertz CT molecular complexity index is 521. The molecule has 0 bridgehead atoms. The number of piperidine rings is 1. The van der Waals surface area contributed by atoms with Gasteiger partial charge in [-0.05, 0) is 77.5 Å². The van der Waals surface area contributed by atoms with Crippen LogP contribution in [0.3, 0.4) is 0 Å². The van der Waals surface area contributed by atoms with Crippen LogP contribution in [0.25, 0.3) is 0 Å². The van der Waals surface area contributed by atoms with E-state index >= 15 is 0 Å². The van der Waals surface area contributed by atoms with Crippen molar-refractivity contribution in [2.75, 3.05) is 52.4 Å². The Morgan fingerprint density at radius 2 is 1.93 bits per heavy atom. The highest BCUT2D eigenvalue weighted by Crippen LogP contribution is 2.25. The van der Waals surface area contributed by atoms with Crippen molar-refractivity contribution in [3.63, 3.8) is 0 Å². The molecule has 0 saturated carbocycles. The molecule has 0 aliphatic carbocycles. The van der Waals surface area contributed by atoms with Crippen molar-refractivity contribution < 1.29 is 4.42 Å². The molecule has 1 unspecified atom stereocenters. The molecule has 1 atom stereocenters. The van der Waals surface area contributed by atoms with E-state index in [4.69, 9.17) is 9.41 Å². The molecule has 1 fully saturated rings. The highest BCUT2D eigenvalue weighted by molar-refractivity contribution is 5.79. The monoisotopic (exact) mass is 391 g/mol. The van der Waals surface area contributed by atoms with Crippen LogP contribution in [0.4, 0.5) is 0 Å². The molecule has 6 heteroatoms. The van der Waals surface area contributed by atoms with Crippen molar-refractivity contribution in [1.82, 2.24) is 20.4 Å². The van der Waals surface area contributed by atoms with E-state index in [2.05, 4.69) is 47.3 Å². The summed E-state index contributed by atoms with van der Waals surface area (Å²) in [6.07, 6.45) is 8.03. The van der Waals surface area contributed by atoms with Gasteiger partial charge in [0, 0.05) is 13.1 Å². The molecule has 0 amide bonds. The van der Waals surface area contributed by atoms with Gasteiger partial charge >= 0.3 is 0 Å². The third-order valence-electron chi connectivity index (χ3n) is 5.56. The Balaban J connectivity index is 1.85. The van der Waals surface area contributed by atoms with Crippen LogP contribution in [0.2, 0.25) is 0 Å². The number of hydrogen-bond acceptors (Lipinski definition) is 4. The van der Waals surface area contributed by atoms with E-state index in [1.807, 2.05) is 6.07 Å². The summed E-state index contributed by atoms with van der Waals surface area (Å²) in [5.74, 6) is 1.94. The van der Waals surface area contributed by atoms with Gasteiger partial charge in [0.05, 0.1) is 18.8 Å². The average molecular weight is 392 g/mol. The predicted octanol–water partition coefficient (Wildman–Crippen LogP) is 3.48. The molecule has 2 heterocycles. The number of nitrogens with zero attached hydrogens (tertiary/aromatic N) is 3. The minimum Gasteiger partial charge on any atom is -0.468 e. The van der Waals surface area contributed by atoms with Crippen molar-refractivity contribution in [3.8, 4) is 0 Å². The molecule has 28 heavy (non-hydrogen) atoms. The molecule has 0 radical (unpaired) electrons. The fraction of sp³-hybridized carbons (Fsp3) is 0.773. The van der Waals surface area contributed by atoms with Gasteiger partial charge in [0.15, 0.2) is 5.96 Å². The summed E-state index contributed by atoms with van der Waals surface area (Å²) < 4.78 is 5.74. The standard InChI is InChI=1S/C22H41N5O/c1-4-23-22(24-14-8-11-15-26(5-2)6-3)25-19-20(21-13-12-18-28-21)27-16-9-7-10-17-27/h12-13,18,20H,4-11,14-17,19H2,1-3H3,(H2,23,24,25). The second-order valence-corrected chi connectivity index (χ2v) is 7.51. The smallest absolute Gasteiger partial charge is 0.191 e. The molecule has 1 aliphatic rings. The van der Waals surface area contributed by atoms with Crippen LogP contribution < -0.4 is 10.6 Å². The van der Waals surface area contributed by atoms with E-state index in [1.165, 1.54) is 32.2 Å². The van der Waals surface area contributed by atoms with Crippen LogP contribution in [0.15, 0.2) is 27.8 Å². The quantitative estimate of drug-likeness (QED) is 0.325. The van der Waals surface area contributed by atoms with Crippen molar-refractivity contribution in [2.24, 2.45) is 4.99 Å². The van der Waals surface area contributed by atoms with Crippen LogP contribution in [0.5, 0.6) is 0 Å². The van der Waals surface area contributed by atoms with E-state index in [9.17, 15) is 0 Å². The van der Waals surface area contributed by atoms with Gasteiger partial charge in [0.1, 0.15) is 5.76 Å². The number of furan rings is 1. The van der Waals surface area contributed by atoms with Gasteiger partial charge in [-0.3, -0.25) is 9.89 Å². The number of guanidine groups is 1. The number of rotatable bonds is 12. The number of aliphatic imine (C=N–C) groups is 1. The second kappa shape index (κ2) is 13.6. The Labute approximate surface area is 171 Å². The lowest BCUT2D eigenvalue weighted by Crippen LogP contribution is -2.40. The van der Waals surface area contributed by atoms with E-state index in [1.54, 1.807) is 6.26 Å². The minimum atomic E-state index is 0.230. The molecule has 1 saturated heterocycles. The molecular formula is C22H41N5O. The van der Waals surface area contributed by atoms with Crippen LogP contribution in [0, 0.1) is 0 Å². The number of unbranched alkanes of at least 4 members (excludes halogenated alkanes) is 1. The number of nitrogens with one attached hydrogen (secondary N) is 2. The zero-order valence-electron chi connectivity index (χ0n) is 18.3. The van der Waals surface area contributed by atoms with Gasteiger partial charge in [0.2, 0.25) is 0 Å². The largest absolute Gasteiger partial charge is 0.468 e. The highest BCUT2D eigenvalue weighted by atomic mass is 16.3. The lowest BCUT2D eigenvalue weighted by Gasteiger charge is -2.32. The Kier molecular flexibility index (Phi) is 11.1. The topological polar surface area (TPSA) is 56.0 Å². The molecule has 2 N–H and O–H groups in total. The van der Waals surface area contributed by atoms with Crippen molar-refractivity contribution in [3.05, 3.63) is 24.2 Å². The van der Waals surface area contributed by atoms with E-state index in [-0.39, 0.29) is 6.04 Å². The third-order valence-corrected chi connectivity index (χ3v) is 5.56. The zero-order valence-corrected chi connectivity index (χ0v) is 18.3. The van der Waals surface area contributed by atoms with Crippen LogP contribution in [-0.4, -0.2) is 68.1 Å². The van der Waals surface area contributed by atoms with Gasteiger partial charge in [-0.15, -0.1) is 0 Å². The van der Waals surface area contributed by atoms with Gasteiger partial charge in [0.25, 0.3) is 0 Å². The highest BCUT2D eigenvalue weighted by Gasteiger charge is 2.24. The van der Waals surface area contributed by atoms with Gasteiger partial charge in [-0.25, -0.2) is 0 Å². The third kappa shape index (κ3) is 7.84. The summed E-state index contributed by atoms with van der Waals surface area (Å²) in [5.41, 5.74) is 0. The maximum Gasteiger partial charge on any atom is 0.191 e. The van der Waals surface area contributed by atoms with Gasteiger partial charge in [-0.2, -0.15) is 0 Å². The predicted molar refractivity (Wildman–Crippen MR) is 118 cm³/mol. The first-order valence-corrected chi connectivity index (χ1v) is 11.3. The summed E-state index contributed by atoms with van der Waals surface area (Å²) >= 11 is 0. The molecular weight excluding hydrogens is 350 g/mol. The lowest BCUT2D eigenvalue weighted by molar-refractivity contribution is 0.150. The van der Waals surface area contributed by atoms with Crippen molar-refractivity contribution >= 4 is 5.96 Å². The molecule has 1 aromatic rings. The lowest BCUT2D eigenvalue weighted by atomic mass is 10.1. The summed E-state index contributed by atoms with van der Waals surface area (Å²) in [5, 5.41) is 6.89. The molecule has 160 valence electrons. The molecule has 6 nitrogen and oxygen atoms in total. The van der Waals surface area contributed by atoms with Crippen molar-refractivity contribution in [2.45, 2.75) is 58.9 Å². The van der Waals surface area contributed by atoms with Crippen molar-refractivity contribution in [1.29, 1.82) is 0 Å². The fourth-order valence-corrected chi connectivity index (χ4v) is 3.82. The normalized spacial score (nSPS) is 17.1. The van der Waals surface area contributed by atoms with Crippen LogP contribution in [-0.2, 0) is 0 Å². The molecule has 2 rings (SSSR count). The van der Waals surface area contributed by atoms with E-state index in [0.29, 0.717) is 0 Å². The summed E-state index contributed by atoms with van der Waals surface area (Å²) in [4.78, 5) is 9.90. The Morgan fingerprint density at radius 1 is 1.14 bits per heavy atom. The molecule has 1 aliphatic heterocycles. The molecule has 0 aromatic carbocycles. The first-order valence-electron chi connectivity index (χ1n) is 11.3. The molecule has 0 spiro atoms. The second-order valence-electron chi connectivity index (χ2n) is 7.51. The minimum absolute atomic E-state index is 0.230. The number of hydrogen-bond donors (Lipinski definition) is 2. The first-order chi connectivity index (χ1) is 13.8. The van der Waals surface area contributed by atoms with Crippen LogP contribution in [0.1, 0.15) is 64.7 Å². The summed E-state index contributed by atoms with van der Waals surface area (Å²) in [7, 11) is 0. The van der Waals surface area contributed by atoms with Crippen LogP contribution >= 0.6 is 0 Å². The van der Waals surface area contributed by atoms with E-state index < -0.39 is 0 Å². The first kappa shape index (κ1) is 22.8. The maximum absolute atomic E-state index is 5.74. The summed E-state index contributed by atoms with van der Waals surface area (Å²) in [6, 6.07) is 4.30. The van der Waals surface area contributed by atoms with Gasteiger partial charge < -0.3 is 20.0 Å². The Hall–Kier alpha value is -1.53. The fourth-order valence-electron chi connectivity index (χ4n) is 3.82. The van der Waals surface area contributed by atoms with Gasteiger partial charge in [-0.1, -0.05) is 20.3 Å². The number of likely N-dealkylation sites (tertiary alicyclic amines) is 1. The Morgan fingerprint density at radius 3 is 2.57 bits per heavy atom. The maximum atomic E-state index is 5.74. The van der Waals surface area contributed by atoms with E-state index in [0.717, 1.165) is 64.0 Å².